The maximum absolute atomic E-state index is 12.4. The van der Waals surface area contributed by atoms with Gasteiger partial charge in [-0.25, -0.2) is 0 Å². The number of hydrogen-bond donors (Lipinski definition) is 0. The van der Waals surface area contributed by atoms with Crippen LogP contribution in [0.2, 0.25) is 0 Å². The Morgan fingerprint density at radius 2 is 1.76 bits per heavy atom. The molecule has 0 radical (unpaired) electrons. The average Bonchev–Trinajstić information content (AvgIpc) is 2.28. The molecule has 0 fully saturated rings. The van der Waals surface area contributed by atoms with Gasteiger partial charge in [-0.3, -0.25) is 4.79 Å². The highest BCUT2D eigenvalue weighted by atomic mass is 19.4. The highest BCUT2D eigenvalue weighted by molar-refractivity contribution is 6.00. The first kappa shape index (κ1) is 11.8. The summed E-state index contributed by atoms with van der Waals surface area (Å²) in [5.74, 6) is -1.81. The summed E-state index contributed by atoms with van der Waals surface area (Å²) in [6, 6.07) is 6.57. The summed E-state index contributed by atoms with van der Waals surface area (Å²) >= 11 is 0. The molecule has 1 aromatic rings. The first-order valence-electron chi connectivity index (χ1n) is 5.10. The topological polar surface area (TPSA) is 23.6 Å². The summed E-state index contributed by atoms with van der Waals surface area (Å²) in [6.07, 6.45) is -4.83. The Labute approximate surface area is 96.4 Å². The molecule has 1 aliphatic rings. The third kappa shape index (κ3) is 2.07. The number of alkyl halides is 3. The number of anilines is 2. The monoisotopic (exact) mass is 244 g/mol. The van der Waals surface area contributed by atoms with E-state index in [0.29, 0.717) is 17.9 Å². The molecule has 0 saturated heterocycles. The Balaban J connectivity index is 2.40. The van der Waals surface area contributed by atoms with Crippen LogP contribution in [0.25, 0.3) is 0 Å². The van der Waals surface area contributed by atoms with Crippen LogP contribution in [0.3, 0.4) is 0 Å². The number of likely N-dealkylation sites (N-methyl/N-ethyl adjacent to an activating group) is 1. The normalized spacial score (nSPS) is 15.8. The minimum atomic E-state index is -4.83. The fourth-order valence-electron chi connectivity index (χ4n) is 1.87. The number of halogens is 3. The summed E-state index contributed by atoms with van der Waals surface area (Å²) in [6.45, 7) is 0.435. The van der Waals surface area contributed by atoms with Crippen LogP contribution in [0, 0.1) is 0 Å². The van der Waals surface area contributed by atoms with Crippen molar-refractivity contribution in [3.05, 3.63) is 24.3 Å². The minimum absolute atomic E-state index is 0.0475. The van der Waals surface area contributed by atoms with Crippen molar-refractivity contribution in [2.24, 2.45) is 0 Å². The number of nitrogens with zero attached hydrogens (tertiary/aromatic N) is 2. The van der Waals surface area contributed by atoms with Gasteiger partial charge in [-0.05, 0) is 12.1 Å². The van der Waals surface area contributed by atoms with Crippen molar-refractivity contribution in [1.29, 1.82) is 0 Å². The van der Waals surface area contributed by atoms with Gasteiger partial charge in [0.25, 0.3) is 0 Å². The van der Waals surface area contributed by atoms with Crippen molar-refractivity contribution >= 4 is 17.3 Å². The van der Waals surface area contributed by atoms with E-state index in [2.05, 4.69) is 0 Å². The molecule has 1 heterocycles. The highest BCUT2D eigenvalue weighted by Gasteiger charge is 2.44. The standard InChI is InChI=1S/C11H11F3N2O/c1-15-6-7-16(10(17)11(12,13)14)9-5-3-2-4-8(9)15/h2-5H,6-7H2,1H3. The van der Waals surface area contributed by atoms with Gasteiger partial charge in [0, 0.05) is 20.1 Å². The highest BCUT2D eigenvalue weighted by Crippen LogP contribution is 2.34. The molecule has 92 valence electrons. The van der Waals surface area contributed by atoms with E-state index >= 15 is 0 Å². The molecule has 0 atom stereocenters. The Kier molecular flexibility index (Phi) is 2.73. The smallest absolute Gasteiger partial charge is 0.371 e. The average molecular weight is 244 g/mol. The molecule has 6 heteroatoms. The molecule has 0 bridgehead atoms. The lowest BCUT2D eigenvalue weighted by Crippen LogP contribution is -2.48. The number of amides is 1. The van der Waals surface area contributed by atoms with Crippen molar-refractivity contribution in [3.8, 4) is 0 Å². The van der Waals surface area contributed by atoms with Crippen molar-refractivity contribution in [2.75, 3.05) is 29.9 Å². The number of fused-ring (bicyclic) bond motifs is 1. The Bertz CT molecular complexity index is 445. The van der Waals surface area contributed by atoms with E-state index in [-0.39, 0.29) is 6.54 Å². The van der Waals surface area contributed by atoms with Crippen LogP contribution in [0.5, 0.6) is 0 Å². The molecule has 1 aromatic carbocycles. The van der Waals surface area contributed by atoms with Crippen LogP contribution in [0.4, 0.5) is 24.5 Å². The van der Waals surface area contributed by atoms with Crippen molar-refractivity contribution < 1.29 is 18.0 Å². The van der Waals surface area contributed by atoms with Gasteiger partial charge in [-0.15, -0.1) is 0 Å². The summed E-state index contributed by atoms with van der Waals surface area (Å²) in [4.78, 5) is 13.9. The van der Waals surface area contributed by atoms with Crippen molar-refractivity contribution in [2.45, 2.75) is 6.18 Å². The summed E-state index contributed by atoms with van der Waals surface area (Å²) in [5, 5.41) is 0. The Morgan fingerprint density at radius 3 is 2.35 bits per heavy atom. The Morgan fingerprint density at radius 1 is 1.18 bits per heavy atom. The van der Waals surface area contributed by atoms with E-state index in [0.717, 1.165) is 4.90 Å². The van der Waals surface area contributed by atoms with Gasteiger partial charge < -0.3 is 9.80 Å². The predicted molar refractivity (Wildman–Crippen MR) is 58.1 cm³/mol. The van der Waals surface area contributed by atoms with Crippen LogP contribution in [0.1, 0.15) is 0 Å². The minimum Gasteiger partial charge on any atom is -0.371 e. The maximum atomic E-state index is 12.4. The summed E-state index contributed by atoms with van der Waals surface area (Å²) in [7, 11) is 1.79. The molecule has 0 saturated carbocycles. The van der Waals surface area contributed by atoms with Gasteiger partial charge in [-0.1, -0.05) is 12.1 Å². The fraction of sp³-hybridized carbons (Fsp3) is 0.364. The molecule has 0 unspecified atom stereocenters. The van der Waals surface area contributed by atoms with Crippen LogP contribution < -0.4 is 9.80 Å². The van der Waals surface area contributed by atoms with Gasteiger partial charge in [0.1, 0.15) is 0 Å². The van der Waals surface area contributed by atoms with Crippen molar-refractivity contribution in [1.82, 2.24) is 0 Å². The molecular weight excluding hydrogens is 233 g/mol. The second-order valence-corrected chi connectivity index (χ2v) is 3.86. The van der Waals surface area contributed by atoms with E-state index in [9.17, 15) is 18.0 Å². The van der Waals surface area contributed by atoms with E-state index in [1.165, 1.54) is 6.07 Å². The zero-order chi connectivity index (χ0) is 12.6. The quantitative estimate of drug-likeness (QED) is 0.697. The molecule has 0 aromatic heterocycles. The zero-order valence-corrected chi connectivity index (χ0v) is 9.16. The van der Waals surface area contributed by atoms with E-state index < -0.39 is 12.1 Å². The van der Waals surface area contributed by atoms with Gasteiger partial charge >= 0.3 is 12.1 Å². The number of carbonyl (C=O) groups is 1. The van der Waals surface area contributed by atoms with Gasteiger partial charge in [0.15, 0.2) is 0 Å². The first-order chi connectivity index (χ1) is 7.91. The van der Waals surface area contributed by atoms with Gasteiger partial charge in [-0.2, -0.15) is 13.2 Å². The Hall–Kier alpha value is -1.72. The third-order valence-electron chi connectivity index (χ3n) is 2.73. The SMILES string of the molecule is CN1CCN(C(=O)C(F)(F)F)c2ccccc21. The molecule has 0 spiro atoms. The lowest BCUT2D eigenvalue weighted by Gasteiger charge is -2.35. The van der Waals surface area contributed by atoms with E-state index in [1.54, 1.807) is 25.2 Å². The van der Waals surface area contributed by atoms with Gasteiger partial charge in [0.05, 0.1) is 11.4 Å². The largest absolute Gasteiger partial charge is 0.471 e. The second-order valence-electron chi connectivity index (χ2n) is 3.86. The first-order valence-corrected chi connectivity index (χ1v) is 5.10. The lowest BCUT2D eigenvalue weighted by molar-refractivity contribution is -0.170. The van der Waals surface area contributed by atoms with Crippen molar-refractivity contribution in [3.63, 3.8) is 0 Å². The fourth-order valence-corrected chi connectivity index (χ4v) is 1.87. The second kappa shape index (κ2) is 3.94. The maximum Gasteiger partial charge on any atom is 0.471 e. The lowest BCUT2D eigenvalue weighted by atomic mass is 10.1. The molecule has 17 heavy (non-hydrogen) atoms. The molecule has 2 rings (SSSR count). The van der Waals surface area contributed by atoms with E-state index in [4.69, 9.17) is 0 Å². The van der Waals surface area contributed by atoms with Gasteiger partial charge in [0.2, 0.25) is 0 Å². The van der Waals surface area contributed by atoms with Crippen LogP contribution in [-0.2, 0) is 4.79 Å². The molecular formula is C11H11F3N2O. The predicted octanol–water partition coefficient (Wildman–Crippen LogP) is 2.03. The summed E-state index contributed by atoms with van der Waals surface area (Å²) < 4.78 is 37.3. The summed E-state index contributed by atoms with van der Waals surface area (Å²) in [5.41, 5.74) is 0.944. The molecule has 0 N–H and O–H groups in total. The molecule has 3 nitrogen and oxygen atoms in total. The van der Waals surface area contributed by atoms with E-state index in [1.807, 2.05) is 4.90 Å². The molecule has 1 amide bonds. The number of hydrogen-bond acceptors (Lipinski definition) is 2. The van der Waals surface area contributed by atoms with Crippen LogP contribution in [-0.4, -0.2) is 32.2 Å². The third-order valence-corrected chi connectivity index (χ3v) is 2.73. The number of rotatable bonds is 0. The van der Waals surface area contributed by atoms with Crippen LogP contribution in [0.15, 0.2) is 24.3 Å². The molecule has 1 aliphatic heterocycles. The molecule has 0 aliphatic carbocycles. The zero-order valence-electron chi connectivity index (χ0n) is 9.16. The number of carbonyl (C=O) groups excluding carboxylic acids is 1. The number of benzene rings is 1. The number of para-hydroxylation sites is 2. The van der Waals surface area contributed by atoms with Crippen LogP contribution >= 0.6 is 0 Å².